The number of rotatable bonds is 3. The first kappa shape index (κ1) is 16.0. The highest BCUT2D eigenvalue weighted by atomic mass is 32.2. The van der Waals surface area contributed by atoms with Crippen molar-refractivity contribution < 1.29 is 8.42 Å². The van der Waals surface area contributed by atoms with Crippen molar-refractivity contribution in [1.29, 1.82) is 5.26 Å². The number of nitriles is 1. The largest absolute Gasteiger partial charge is 0.241 e. The fraction of sp³-hybridized carbons (Fsp3) is 0.562. The van der Waals surface area contributed by atoms with Gasteiger partial charge in [-0.05, 0) is 55.7 Å². The molecule has 1 aliphatic rings. The minimum Gasteiger partial charge on any atom is -0.208 e. The van der Waals surface area contributed by atoms with Crippen LogP contribution in [0.25, 0.3) is 0 Å². The van der Waals surface area contributed by atoms with Crippen molar-refractivity contribution in [2.75, 3.05) is 0 Å². The van der Waals surface area contributed by atoms with Crippen LogP contribution >= 0.6 is 0 Å². The first-order valence-corrected chi connectivity index (χ1v) is 8.83. The minimum absolute atomic E-state index is 0.0149. The summed E-state index contributed by atoms with van der Waals surface area (Å²) in [6.07, 6.45) is 2.91. The molecule has 0 heterocycles. The van der Waals surface area contributed by atoms with Gasteiger partial charge in [0.15, 0.2) is 0 Å². The van der Waals surface area contributed by atoms with Crippen molar-refractivity contribution in [3.8, 4) is 6.07 Å². The quantitative estimate of drug-likeness (QED) is 0.933. The predicted molar refractivity (Wildman–Crippen MR) is 82.2 cm³/mol. The third-order valence-electron chi connectivity index (χ3n) is 4.11. The zero-order valence-corrected chi connectivity index (χ0v) is 13.6. The van der Waals surface area contributed by atoms with E-state index in [-0.39, 0.29) is 10.9 Å². The molecule has 5 heteroatoms. The van der Waals surface area contributed by atoms with Crippen molar-refractivity contribution in [2.45, 2.75) is 51.0 Å². The van der Waals surface area contributed by atoms with Crippen molar-refractivity contribution in [3.63, 3.8) is 0 Å². The zero-order valence-electron chi connectivity index (χ0n) is 12.8. The summed E-state index contributed by atoms with van der Waals surface area (Å²) < 4.78 is 28.0. The summed E-state index contributed by atoms with van der Waals surface area (Å²) in [6, 6.07) is 6.75. The molecule has 114 valence electrons. The molecule has 2 rings (SSSR count). The van der Waals surface area contributed by atoms with Crippen LogP contribution in [0.5, 0.6) is 0 Å². The highest BCUT2D eigenvalue weighted by Crippen LogP contribution is 2.29. The van der Waals surface area contributed by atoms with E-state index in [4.69, 9.17) is 5.26 Å². The second-order valence-electron chi connectivity index (χ2n) is 6.33. The first-order chi connectivity index (χ1) is 9.81. The second kappa shape index (κ2) is 6.17. The van der Waals surface area contributed by atoms with Gasteiger partial charge in [-0.15, -0.1) is 0 Å². The van der Waals surface area contributed by atoms with Gasteiger partial charge in [0, 0.05) is 6.04 Å². The number of hydrogen-bond acceptors (Lipinski definition) is 3. The molecule has 21 heavy (non-hydrogen) atoms. The molecule has 1 aliphatic carbocycles. The molecule has 1 aromatic carbocycles. The van der Waals surface area contributed by atoms with Crippen LogP contribution in [0.4, 0.5) is 0 Å². The third kappa shape index (κ3) is 3.84. The van der Waals surface area contributed by atoms with Gasteiger partial charge in [0.1, 0.15) is 0 Å². The molecule has 0 radical (unpaired) electrons. The molecule has 0 aliphatic heterocycles. The van der Waals surface area contributed by atoms with Crippen LogP contribution in [0.2, 0.25) is 0 Å². The van der Waals surface area contributed by atoms with Crippen LogP contribution < -0.4 is 4.72 Å². The lowest BCUT2D eigenvalue weighted by Gasteiger charge is -2.31. The maximum Gasteiger partial charge on any atom is 0.241 e. The molecule has 1 saturated carbocycles. The summed E-state index contributed by atoms with van der Waals surface area (Å²) in [7, 11) is -3.57. The Morgan fingerprint density at radius 2 is 1.81 bits per heavy atom. The van der Waals surface area contributed by atoms with Crippen LogP contribution in [0.15, 0.2) is 23.1 Å². The number of nitrogens with one attached hydrogen (secondary N) is 1. The van der Waals surface area contributed by atoms with Crippen molar-refractivity contribution in [2.24, 2.45) is 11.8 Å². The van der Waals surface area contributed by atoms with Crippen LogP contribution in [0.3, 0.4) is 0 Å². The van der Waals surface area contributed by atoms with E-state index in [0.717, 1.165) is 19.3 Å². The molecule has 2 unspecified atom stereocenters. The number of hydrogen-bond donors (Lipinski definition) is 1. The summed E-state index contributed by atoms with van der Waals surface area (Å²) in [6.45, 7) is 6.08. The summed E-state index contributed by atoms with van der Waals surface area (Å²) in [5.41, 5.74) is 1.03. The molecule has 0 saturated heterocycles. The van der Waals surface area contributed by atoms with Crippen molar-refractivity contribution >= 4 is 10.0 Å². The Bertz CT molecular complexity index is 651. The zero-order chi connectivity index (χ0) is 15.6. The van der Waals surface area contributed by atoms with Crippen LogP contribution in [-0.2, 0) is 10.0 Å². The topological polar surface area (TPSA) is 70.0 Å². The number of benzene rings is 1. The van der Waals surface area contributed by atoms with E-state index in [2.05, 4.69) is 18.6 Å². The fourth-order valence-corrected chi connectivity index (χ4v) is 4.82. The van der Waals surface area contributed by atoms with Gasteiger partial charge in [-0.1, -0.05) is 19.9 Å². The molecule has 0 spiro atoms. The molecule has 4 nitrogen and oxygen atoms in total. The van der Waals surface area contributed by atoms with Gasteiger partial charge in [0.2, 0.25) is 10.0 Å². The third-order valence-corrected chi connectivity index (χ3v) is 5.77. The van der Waals surface area contributed by atoms with Gasteiger partial charge in [0.25, 0.3) is 0 Å². The lowest BCUT2D eigenvalue weighted by molar-refractivity contribution is 0.257. The SMILES string of the molecule is Cc1ccc(C#N)cc1S(=O)(=O)NC1CC(C)CC(C)C1. The van der Waals surface area contributed by atoms with Gasteiger partial charge >= 0.3 is 0 Å². The number of sulfonamides is 1. The molecule has 0 bridgehead atoms. The van der Waals surface area contributed by atoms with Crippen LogP contribution in [-0.4, -0.2) is 14.5 Å². The monoisotopic (exact) mass is 306 g/mol. The van der Waals surface area contributed by atoms with E-state index in [1.807, 2.05) is 6.07 Å². The molecule has 1 N–H and O–H groups in total. The highest BCUT2D eigenvalue weighted by Gasteiger charge is 2.28. The normalized spacial score (nSPS) is 26.3. The Morgan fingerprint density at radius 3 is 2.38 bits per heavy atom. The Labute approximate surface area is 127 Å². The summed E-state index contributed by atoms with van der Waals surface area (Å²) in [5.74, 6) is 1.07. The number of aryl methyl sites for hydroxylation is 1. The highest BCUT2D eigenvalue weighted by molar-refractivity contribution is 7.89. The van der Waals surface area contributed by atoms with Gasteiger partial charge in [-0.2, -0.15) is 5.26 Å². The summed E-state index contributed by atoms with van der Waals surface area (Å²) in [5, 5.41) is 8.94. The lowest BCUT2D eigenvalue weighted by atomic mass is 9.81. The van der Waals surface area contributed by atoms with Gasteiger partial charge in [-0.25, -0.2) is 13.1 Å². The van der Waals surface area contributed by atoms with Crippen molar-refractivity contribution in [3.05, 3.63) is 29.3 Å². The predicted octanol–water partition coefficient (Wildman–Crippen LogP) is 2.97. The Morgan fingerprint density at radius 1 is 1.19 bits per heavy atom. The molecule has 1 aromatic rings. The number of nitrogens with zero attached hydrogens (tertiary/aromatic N) is 1. The lowest BCUT2D eigenvalue weighted by Crippen LogP contribution is -2.40. The van der Waals surface area contributed by atoms with E-state index in [1.54, 1.807) is 19.1 Å². The van der Waals surface area contributed by atoms with Gasteiger partial charge < -0.3 is 0 Å². The summed E-state index contributed by atoms with van der Waals surface area (Å²) >= 11 is 0. The van der Waals surface area contributed by atoms with E-state index in [0.29, 0.717) is 23.0 Å². The van der Waals surface area contributed by atoms with E-state index in [1.165, 1.54) is 6.07 Å². The van der Waals surface area contributed by atoms with E-state index < -0.39 is 10.0 Å². The maximum absolute atomic E-state index is 12.6. The Kier molecular flexibility index (Phi) is 4.70. The smallest absolute Gasteiger partial charge is 0.208 e. The second-order valence-corrected chi connectivity index (χ2v) is 8.01. The Hall–Kier alpha value is -1.38. The van der Waals surface area contributed by atoms with Crippen LogP contribution in [0.1, 0.15) is 44.2 Å². The average Bonchev–Trinajstić information content (AvgIpc) is 2.37. The van der Waals surface area contributed by atoms with Gasteiger partial charge in [0.05, 0.1) is 16.5 Å². The van der Waals surface area contributed by atoms with Crippen LogP contribution in [0, 0.1) is 30.1 Å². The minimum atomic E-state index is -3.57. The molecular formula is C16H22N2O2S. The summed E-state index contributed by atoms with van der Waals surface area (Å²) in [4.78, 5) is 0.215. The van der Waals surface area contributed by atoms with Crippen molar-refractivity contribution in [1.82, 2.24) is 4.72 Å². The fourth-order valence-electron chi connectivity index (χ4n) is 3.29. The van der Waals surface area contributed by atoms with Gasteiger partial charge in [-0.3, -0.25) is 0 Å². The average molecular weight is 306 g/mol. The standard InChI is InChI=1S/C16H22N2O2S/c1-11-6-12(2)8-15(7-11)18-21(19,20)16-9-14(10-17)5-4-13(16)3/h4-5,9,11-12,15,18H,6-8H2,1-3H3. The molecule has 1 fully saturated rings. The van der Waals surface area contributed by atoms with E-state index >= 15 is 0 Å². The molecular weight excluding hydrogens is 284 g/mol. The maximum atomic E-state index is 12.6. The first-order valence-electron chi connectivity index (χ1n) is 7.35. The Balaban J connectivity index is 2.24. The molecule has 2 atom stereocenters. The molecule has 0 amide bonds. The van der Waals surface area contributed by atoms with E-state index in [9.17, 15) is 8.42 Å². The molecule has 0 aromatic heterocycles.